The minimum atomic E-state index is 0.00329. The summed E-state index contributed by atoms with van der Waals surface area (Å²) < 4.78 is 6.01. The number of carbonyl (C=O) groups excluding carboxylic acids is 1. The fourth-order valence-electron chi connectivity index (χ4n) is 2.85. The molecule has 1 saturated heterocycles. The molecule has 0 radical (unpaired) electrons. The van der Waals surface area contributed by atoms with Gasteiger partial charge in [0.2, 0.25) is 0 Å². The first-order chi connectivity index (χ1) is 12.5. The van der Waals surface area contributed by atoms with Gasteiger partial charge >= 0.3 is 0 Å². The fraction of sp³-hybridized carbons (Fsp3) is 0.389. The third-order valence-electron chi connectivity index (χ3n) is 4.44. The first-order valence-corrected chi connectivity index (χ1v) is 9.16. The Hall–Kier alpha value is -2.35. The van der Waals surface area contributed by atoms with E-state index in [-0.39, 0.29) is 5.91 Å². The summed E-state index contributed by atoms with van der Waals surface area (Å²) in [6.45, 7) is 2.71. The van der Waals surface area contributed by atoms with E-state index in [1.165, 1.54) is 0 Å². The molecule has 2 aromatic rings. The van der Waals surface area contributed by atoms with E-state index in [9.17, 15) is 4.79 Å². The second kappa shape index (κ2) is 7.90. The van der Waals surface area contributed by atoms with Gasteiger partial charge in [-0.05, 0) is 34.1 Å². The topological polar surface area (TPSA) is 61.8 Å². The molecule has 1 amide bonds. The highest BCUT2D eigenvalue weighted by molar-refractivity contribution is 9.10. The van der Waals surface area contributed by atoms with Gasteiger partial charge in [0, 0.05) is 50.8 Å². The Balaban J connectivity index is 1.69. The van der Waals surface area contributed by atoms with Crippen LogP contribution in [0.1, 0.15) is 10.4 Å². The van der Waals surface area contributed by atoms with Crippen LogP contribution in [-0.2, 0) is 0 Å². The Morgan fingerprint density at radius 3 is 2.58 bits per heavy atom. The molecule has 8 heteroatoms. The largest absolute Gasteiger partial charge is 0.497 e. The molecule has 7 nitrogen and oxygen atoms in total. The van der Waals surface area contributed by atoms with Crippen molar-refractivity contribution in [2.45, 2.75) is 0 Å². The van der Waals surface area contributed by atoms with Gasteiger partial charge in [-0.1, -0.05) is 0 Å². The Morgan fingerprint density at radius 1 is 1.19 bits per heavy atom. The molecule has 26 heavy (non-hydrogen) atoms. The van der Waals surface area contributed by atoms with Gasteiger partial charge in [0.25, 0.3) is 5.91 Å². The summed E-state index contributed by atoms with van der Waals surface area (Å²) in [4.78, 5) is 18.9. The molecule has 0 N–H and O–H groups in total. The lowest BCUT2D eigenvalue weighted by molar-refractivity contribution is 0.0745. The zero-order chi connectivity index (χ0) is 18.7. The average molecular weight is 420 g/mol. The number of halogens is 1. The minimum absolute atomic E-state index is 0.00329. The summed E-state index contributed by atoms with van der Waals surface area (Å²) in [5.74, 6) is 1.51. The summed E-state index contributed by atoms with van der Waals surface area (Å²) in [6.07, 6.45) is 1.74. The molecule has 0 atom stereocenters. The third-order valence-corrected chi connectivity index (χ3v) is 5.13. The molecule has 0 spiro atoms. The van der Waals surface area contributed by atoms with Crippen molar-refractivity contribution >= 4 is 33.3 Å². The van der Waals surface area contributed by atoms with Crippen LogP contribution < -0.4 is 14.5 Å². The molecule has 1 aliphatic rings. The van der Waals surface area contributed by atoms with Crippen molar-refractivity contribution < 1.29 is 9.53 Å². The van der Waals surface area contributed by atoms with E-state index in [0.29, 0.717) is 24.4 Å². The number of ether oxygens (including phenoxy) is 1. The monoisotopic (exact) mass is 419 g/mol. The Labute approximate surface area is 161 Å². The third kappa shape index (κ3) is 3.90. The standard InChI is InChI=1S/C18H22BrN5O2/c1-22(2)13-10-17(21-20-12-13)23-6-8-24(9-7-23)18(25)15-11-14(26-3)4-5-16(15)19/h4-5,10-12H,6-9H2,1-3H3. The molecule has 0 bridgehead atoms. The maximum absolute atomic E-state index is 12.9. The smallest absolute Gasteiger partial charge is 0.255 e. The van der Waals surface area contributed by atoms with Crippen molar-refractivity contribution in [3.8, 4) is 5.75 Å². The van der Waals surface area contributed by atoms with Gasteiger partial charge in [-0.15, -0.1) is 5.10 Å². The van der Waals surface area contributed by atoms with Crippen molar-refractivity contribution in [1.29, 1.82) is 0 Å². The van der Waals surface area contributed by atoms with E-state index in [4.69, 9.17) is 4.74 Å². The number of hydrogen-bond donors (Lipinski definition) is 0. The number of piperazine rings is 1. The molecule has 1 fully saturated rings. The normalized spacial score (nSPS) is 14.3. The highest BCUT2D eigenvalue weighted by Gasteiger charge is 2.25. The molecule has 1 aromatic heterocycles. The minimum Gasteiger partial charge on any atom is -0.497 e. The number of anilines is 2. The second-order valence-corrected chi connectivity index (χ2v) is 7.15. The van der Waals surface area contributed by atoms with Crippen molar-refractivity contribution in [2.24, 2.45) is 0 Å². The summed E-state index contributed by atoms with van der Waals surface area (Å²) in [7, 11) is 5.55. The molecule has 1 aromatic carbocycles. The number of amides is 1. The fourth-order valence-corrected chi connectivity index (χ4v) is 3.27. The number of rotatable bonds is 4. The number of aromatic nitrogens is 2. The van der Waals surface area contributed by atoms with Crippen LogP contribution in [0.15, 0.2) is 34.9 Å². The van der Waals surface area contributed by atoms with Crippen LogP contribution in [0.5, 0.6) is 5.75 Å². The molecule has 0 saturated carbocycles. The lowest BCUT2D eigenvalue weighted by Gasteiger charge is -2.35. The van der Waals surface area contributed by atoms with E-state index in [2.05, 4.69) is 31.0 Å². The zero-order valence-corrected chi connectivity index (χ0v) is 16.7. The van der Waals surface area contributed by atoms with E-state index in [0.717, 1.165) is 29.1 Å². The molecule has 138 valence electrons. The zero-order valence-electron chi connectivity index (χ0n) is 15.1. The summed E-state index contributed by atoms with van der Waals surface area (Å²) in [5.41, 5.74) is 1.63. The lowest BCUT2D eigenvalue weighted by atomic mass is 10.1. The van der Waals surface area contributed by atoms with Crippen LogP contribution in [0.25, 0.3) is 0 Å². The van der Waals surface area contributed by atoms with E-state index >= 15 is 0 Å². The number of benzene rings is 1. The molecule has 3 rings (SSSR count). The number of hydrogen-bond acceptors (Lipinski definition) is 6. The van der Waals surface area contributed by atoms with Gasteiger partial charge in [0.15, 0.2) is 5.82 Å². The molecular formula is C18H22BrN5O2. The maximum atomic E-state index is 12.9. The lowest BCUT2D eigenvalue weighted by Crippen LogP contribution is -2.49. The van der Waals surface area contributed by atoms with Crippen molar-refractivity contribution in [3.63, 3.8) is 0 Å². The molecule has 2 heterocycles. The van der Waals surface area contributed by atoms with Crippen LogP contribution >= 0.6 is 15.9 Å². The quantitative estimate of drug-likeness (QED) is 0.757. The Kier molecular flexibility index (Phi) is 5.61. The van der Waals surface area contributed by atoms with E-state index in [1.54, 1.807) is 19.4 Å². The number of nitrogens with zero attached hydrogens (tertiary/aromatic N) is 5. The maximum Gasteiger partial charge on any atom is 0.255 e. The SMILES string of the molecule is COc1ccc(Br)c(C(=O)N2CCN(c3cc(N(C)C)cnn3)CC2)c1. The Morgan fingerprint density at radius 2 is 1.92 bits per heavy atom. The van der Waals surface area contributed by atoms with Crippen LogP contribution in [0.4, 0.5) is 11.5 Å². The highest BCUT2D eigenvalue weighted by atomic mass is 79.9. The van der Waals surface area contributed by atoms with E-state index in [1.807, 2.05) is 42.1 Å². The predicted octanol–water partition coefficient (Wildman–Crippen LogP) is 2.28. The molecule has 0 unspecified atom stereocenters. The first-order valence-electron chi connectivity index (χ1n) is 8.37. The van der Waals surface area contributed by atoms with E-state index < -0.39 is 0 Å². The Bertz CT molecular complexity index is 791. The van der Waals surface area contributed by atoms with Gasteiger partial charge in [-0.2, -0.15) is 5.10 Å². The molecule has 1 aliphatic heterocycles. The molecular weight excluding hydrogens is 398 g/mol. The van der Waals surface area contributed by atoms with Crippen molar-refractivity contribution in [3.05, 3.63) is 40.5 Å². The van der Waals surface area contributed by atoms with Crippen LogP contribution in [0, 0.1) is 0 Å². The molecule has 0 aliphatic carbocycles. The van der Waals surface area contributed by atoms with Gasteiger partial charge in [-0.25, -0.2) is 0 Å². The second-order valence-electron chi connectivity index (χ2n) is 6.29. The van der Waals surface area contributed by atoms with Crippen LogP contribution in [-0.4, -0.2) is 68.4 Å². The summed E-state index contributed by atoms with van der Waals surface area (Å²) in [5, 5.41) is 8.31. The summed E-state index contributed by atoms with van der Waals surface area (Å²) in [6, 6.07) is 7.45. The van der Waals surface area contributed by atoms with Crippen LogP contribution in [0.2, 0.25) is 0 Å². The number of methoxy groups -OCH3 is 1. The predicted molar refractivity (Wildman–Crippen MR) is 105 cm³/mol. The van der Waals surface area contributed by atoms with Gasteiger partial charge in [0.1, 0.15) is 5.75 Å². The number of carbonyl (C=O) groups is 1. The first kappa shape index (κ1) is 18.4. The van der Waals surface area contributed by atoms with Gasteiger partial charge in [0.05, 0.1) is 24.6 Å². The van der Waals surface area contributed by atoms with Crippen molar-refractivity contribution in [1.82, 2.24) is 15.1 Å². The average Bonchev–Trinajstić information content (AvgIpc) is 2.68. The van der Waals surface area contributed by atoms with Crippen LogP contribution in [0.3, 0.4) is 0 Å². The highest BCUT2D eigenvalue weighted by Crippen LogP contribution is 2.25. The van der Waals surface area contributed by atoms with Crippen molar-refractivity contribution in [2.75, 3.05) is 57.2 Å². The summed E-state index contributed by atoms with van der Waals surface area (Å²) >= 11 is 3.46. The van der Waals surface area contributed by atoms with Gasteiger partial charge in [-0.3, -0.25) is 4.79 Å². The van der Waals surface area contributed by atoms with Gasteiger partial charge < -0.3 is 19.4 Å².